The summed E-state index contributed by atoms with van der Waals surface area (Å²) in [5.74, 6) is -0.387. The van der Waals surface area contributed by atoms with E-state index in [0.29, 0.717) is 30.7 Å². The van der Waals surface area contributed by atoms with Crippen LogP contribution in [-0.2, 0) is 26.2 Å². The molecule has 1 saturated heterocycles. The van der Waals surface area contributed by atoms with Gasteiger partial charge < -0.3 is 19.5 Å². The fourth-order valence-electron chi connectivity index (χ4n) is 4.34. The highest BCUT2D eigenvalue weighted by molar-refractivity contribution is 7.88. The van der Waals surface area contributed by atoms with Crippen molar-refractivity contribution in [3.63, 3.8) is 0 Å². The fraction of sp³-hybridized carbons (Fsp3) is 0.737. The molecule has 10 nitrogen and oxygen atoms in total. The van der Waals surface area contributed by atoms with Crippen LogP contribution in [-0.4, -0.2) is 80.2 Å². The molecule has 1 aromatic rings. The van der Waals surface area contributed by atoms with E-state index < -0.39 is 10.0 Å². The zero-order valence-electron chi connectivity index (χ0n) is 17.7. The quantitative estimate of drug-likeness (QED) is 0.721. The molecule has 30 heavy (non-hydrogen) atoms. The van der Waals surface area contributed by atoms with Crippen molar-refractivity contribution < 1.29 is 27.3 Å². The molecule has 1 saturated carbocycles. The lowest BCUT2D eigenvalue weighted by Gasteiger charge is -2.39. The molecule has 11 heteroatoms. The Morgan fingerprint density at radius 2 is 2.00 bits per heavy atom. The van der Waals surface area contributed by atoms with Crippen LogP contribution in [0.25, 0.3) is 0 Å². The Hall–Kier alpha value is -1.98. The second kappa shape index (κ2) is 9.44. The number of carbonyl (C=O) groups excluding carboxylic acids is 2. The van der Waals surface area contributed by atoms with Gasteiger partial charge in [-0.25, -0.2) is 8.42 Å². The summed E-state index contributed by atoms with van der Waals surface area (Å²) in [7, 11) is -2.03. The Morgan fingerprint density at radius 1 is 1.27 bits per heavy atom. The number of rotatable bonds is 4. The van der Waals surface area contributed by atoms with Gasteiger partial charge in [-0.15, -0.1) is 0 Å². The standard InChI is InChI=1S/C19H30N4O6S/c1-13-15(12-28-2)17(21-29-13)19(25)22-9-8-20-18(24)14-6-4-5-7-16(14)23(11-10-22)30(3,26)27/h14,16H,4-12H2,1-3H3,(H,20,24)/t14-,16+/m0/s1. The lowest BCUT2D eigenvalue weighted by Crippen LogP contribution is -2.55. The minimum absolute atomic E-state index is 0.134. The zero-order chi connectivity index (χ0) is 21.9. The molecule has 0 spiro atoms. The molecule has 3 rings (SSSR count). The Balaban J connectivity index is 1.87. The first-order chi connectivity index (χ1) is 14.2. The van der Waals surface area contributed by atoms with Gasteiger partial charge in [0.05, 0.1) is 24.3 Å². The largest absolute Gasteiger partial charge is 0.380 e. The van der Waals surface area contributed by atoms with Gasteiger partial charge in [-0.05, 0) is 19.8 Å². The van der Waals surface area contributed by atoms with Crippen molar-refractivity contribution in [2.24, 2.45) is 5.92 Å². The minimum atomic E-state index is -3.55. The number of hydrogen-bond acceptors (Lipinski definition) is 7. The van der Waals surface area contributed by atoms with Crippen molar-refractivity contribution in [3.05, 3.63) is 17.0 Å². The fourth-order valence-corrected chi connectivity index (χ4v) is 5.50. The summed E-state index contributed by atoms with van der Waals surface area (Å²) < 4.78 is 36.8. The first-order valence-corrected chi connectivity index (χ1v) is 12.1. The summed E-state index contributed by atoms with van der Waals surface area (Å²) in [6, 6.07) is -0.387. The van der Waals surface area contributed by atoms with Crippen LogP contribution in [0.2, 0.25) is 0 Å². The molecule has 1 aromatic heterocycles. The number of ether oxygens (including phenoxy) is 1. The highest BCUT2D eigenvalue weighted by Crippen LogP contribution is 2.30. The third-order valence-corrected chi connectivity index (χ3v) is 7.20. The van der Waals surface area contributed by atoms with Gasteiger partial charge in [0.2, 0.25) is 15.9 Å². The Bertz CT molecular complexity index is 884. The van der Waals surface area contributed by atoms with Crippen LogP contribution in [0.15, 0.2) is 4.52 Å². The summed E-state index contributed by atoms with van der Waals surface area (Å²) in [5, 5.41) is 6.77. The first kappa shape index (κ1) is 22.7. The molecule has 0 unspecified atom stereocenters. The number of aryl methyl sites for hydroxylation is 1. The van der Waals surface area contributed by atoms with Crippen molar-refractivity contribution >= 4 is 21.8 Å². The van der Waals surface area contributed by atoms with E-state index in [-0.39, 0.29) is 55.7 Å². The van der Waals surface area contributed by atoms with Crippen molar-refractivity contribution in [2.45, 2.75) is 45.3 Å². The van der Waals surface area contributed by atoms with Gasteiger partial charge in [0.1, 0.15) is 5.76 Å². The monoisotopic (exact) mass is 442 g/mol. The molecule has 2 atom stereocenters. The van der Waals surface area contributed by atoms with Crippen LogP contribution in [0.1, 0.15) is 47.5 Å². The number of nitrogens with one attached hydrogen (secondary N) is 1. The van der Waals surface area contributed by atoms with Gasteiger partial charge in [-0.1, -0.05) is 18.0 Å². The van der Waals surface area contributed by atoms with Crippen molar-refractivity contribution in [1.29, 1.82) is 0 Å². The molecule has 1 aliphatic carbocycles. The van der Waals surface area contributed by atoms with E-state index in [1.54, 1.807) is 6.92 Å². The van der Waals surface area contributed by atoms with Gasteiger partial charge >= 0.3 is 0 Å². The second-order valence-corrected chi connectivity index (χ2v) is 9.85. The van der Waals surface area contributed by atoms with Crippen molar-refractivity contribution in [2.75, 3.05) is 39.5 Å². The molecular formula is C19H30N4O6S. The van der Waals surface area contributed by atoms with Crippen molar-refractivity contribution in [3.8, 4) is 0 Å². The maximum atomic E-state index is 13.2. The lowest BCUT2D eigenvalue weighted by molar-refractivity contribution is -0.127. The van der Waals surface area contributed by atoms with E-state index >= 15 is 0 Å². The first-order valence-electron chi connectivity index (χ1n) is 10.2. The third-order valence-electron chi connectivity index (χ3n) is 5.90. The van der Waals surface area contributed by atoms with Gasteiger partial charge in [0.25, 0.3) is 5.91 Å². The summed E-state index contributed by atoms with van der Waals surface area (Å²) in [4.78, 5) is 27.4. The Morgan fingerprint density at radius 3 is 2.70 bits per heavy atom. The maximum absolute atomic E-state index is 13.2. The van der Waals surface area contributed by atoms with Crippen LogP contribution >= 0.6 is 0 Å². The smallest absolute Gasteiger partial charge is 0.276 e. The van der Waals surface area contributed by atoms with E-state index in [2.05, 4.69) is 10.5 Å². The molecule has 0 radical (unpaired) electrons. The van der Waals surface area contributed by atoms with E-state index in [4.69, 9.17) is 9.26 Å². The van der Waals surface area contributed by atoms with Gasteiger partial charge in [-0.2, -0.15) is 4.31 Å². The molecule has 2 amide bonds. The van der Waals surface area contributed by atoms with Crippen molar-refractivity contribution in [1.82, 2.24) is 19.7 Å². The lowest BCUT2D eigenvalue weighted by atomic mass is 9.83. The van der Waals surface area contributed by atoms with Crippen LogP contribution in [0.3, 0.4) is 0 Å². The summed E-state index contributed by atoms with van der Waals surface area (Å²) in [6.45, 7) is 2.76. The number of nitrogens with zero attached hydrogens (tertiary/aromatic N) is 3. The molecule has 1 N–H and O–H groups in total. The summed E-state index contributed by atoms with van der Waals surface area (Å²) in [6.07, 6.45) is 4.25. The number of carbonyl (C=O) groups is 2. The SMILES string of the molecule is COCc1c(C(=O)N2CCNC(=O)[C@H]3CCCC[C@H]3N(S(C)(=O)=O)CC2)noc1C. The second-order valence-electron chi connectivity index (χ2n) is 7.91. The molecule has 2 fully saturated rings. The topological polar surface area (TPSA) is 122 Å². The average Bonchev–Trinajstić information content (AvgIpc) is 3.06. The van der Waals surface area contributed by atoms with Gasteiger partial charge in [-0.3, -0.25) is 9.59 Å². The van der Waals surface area contributed by atoms with E-state index in [1.165, 1.54) is 16.3 Å². The zero-order valence-corrected chi connectivity index (χ0v) is 18.5. The Labute approximate surface area is 176 Å². The highest BCUT2D eigenvalue weighted by Gasteiger charge is 2.39. The predicted molar refractivity (Wildman–Crippen MR) is 108 cm³/mol. The summed E-state index contributed by atoms with van der Waals surface area (Å²) in [5.41, 5.74) is 0.718. The van der Waals surface area contributed by atoms with Gasteiger partial charge in [0.15, 0.2) is 5.69 Å². The normalized spacial score (nSPS) is 24.2. The number of fused-ring (bicyclic) bond motifs is 1. The number of sulfonamides is 1. The van der Waals surface area contributed by atoms with Crippen LogP contribution in [0.5, 0.6) is 0 Å². The molecule has 1 aliphatic heterocycles. The predicted octanol–water partition coefficient (Wildman–Crippen LogP) is 0.522. The maximum Gasteiger partial charge on any atom is 0.276 e. The third kappa shape index (κ3) is 4.84. The minimum Gasteiger partial charge on any atom is -0.380 e. The van der Waals surface area contributed by atoms with Gasteiger partial charge in [0, 0.05) is 39.3 Å². The molecule has 2 heterocycles. The van der Waals surface area contributed by atoms with Crippen LogP contribution in [0.4, 0.5) is 0 Å². The van der Waals surface area contributed by atoms with Crippen LogP contribution in [0, 0.1) is 12.8 Å². The molecule has 0 bridgehead atoms. The summed E-state index contributed by atoms with van der Waals surface area (Å²) >= 11 is 0. The van der Waals surface area contributed by atoms with E-state index in [0.717, 1.165) is 19.1 Å². The van der Waals surface area contributed by atoms with E-state index in [9.17, 15) is 18.0 Å². The van der Waals surface area contributed by atoms with Crippen LogP contribution < -0.4 is 5.32 Å². The molecule has 2 aliphatic rings. The number of aromatic nitrogens is 1. The molecule has 0 aromatic carbocycles. The van der Waals surface area contributed by atoms with E-state index in [1.807, 2.05) is 0 Å². The number of hydrogen-bond donors (Lipinski definition) is 1. The molecule has 168 valence electrons. The highest BCUT2D eigenvalue weighted by atomic mass is 32.2. The number of amides is 2. The average molecular weight is 443 g/mol. The Kier molecular flexibility index (Phi) is 7.14. The number of methoxy groups -OCH3 is 1. The molecular weight excluding hydrogens is 412 g/mol.